The Bertz CT molecular complexity index is 617. The van der Waals surface area contributed by atoms with Crippen molar-refractivity contribution < 1.29 is 4.92 Å². The van der Waals surface area contributed by atoms with Gasteiger partial charge in [0.2, 0.25) is 6.33 Å². The first kappa shape index (κ1) is 16.2. The molecule has 6 heteroatoms. The molecule has 0 saturated carbocycles. The van der Waals surface area contributed by atoms with Crippen LogP contribution in [0.3, 0.4) is 0 Å². The van der Waals surface area contributed by atoms with E-state index in [0.29, 0.717) is 6.54 Å². The molecule has 2 aromatic rings. The minimum Gasteiger partial charge on any atom is -0.358 e. The fourth-order valence-corrected chi connectivity index (χ4v) is 2.25. The molecule has 6 nitrogen and oxygen atoms in total. The monoisotopic (exact) mass is 302 g/mol. The summed E-state index contributed by atoms with van der Waals surface area (Å²) < 4.78 is 1.79. The molecule has 1 N–H and O–H groups in total. The van der Waals surface area contributed by atoms with Gasteiger partial charge < -0.3 is 20.0 Å². The predicted octanol–water partition coefficient (Wildman–Crippen LogP) is 3.02. The van der Waals surface area contributed by atoms with E-state index >= 15 is 0 Å². The van der Waals surface area contributed by atoms with E-state index in [2.05, 4.69) is 31.1 Å². The van der Waals surface area contributed by atoms with Crippen LogP contribution in [0.5, 0.6) is 0 Å². The van der Waals surface area contributed by atoms with Crippen LogP contribution < -0.4 is 5.32 Å². The molecule has 0 aliphatic heterocycles. The lowest BCUT2D eigenvalue weighted by Crippen LogP contribution is -2.32. The zero-order valence-electron chi connectivity index (χ0n) is 13.2. The van der Waals surface area contributed by atoms with Gasteiger partial charge in [0.15, 0.2) is 0 Å². The summed E-state index contributed by atoms with van der Waals surface area (Å²) in [5, 5.41) is 14.3. The molecule has 0 aliphatic rings. The first-order chi connectivity index (χ1) is 10.4. The first-order valence-corrected chi connectivity index (χ1v) is 7.30. The maximum absolute atomic E-state index is 10.8. The number of nitro groups is 1. The molecule has 0 aliphatic carbocycles. The highest BCUT2D eigenvalue weighted by molar-refractivity contribution is 5.23. The number of rotatable bonds is 6. The fourth-order valence-electron chi connectivity index (χ4n) is 2.25. The van der Waals surface area contributed by atoms with Gasteiger partial charge in [0, 0.05) is 13.1 Å². The normalized spacial score (nSPS) is 13.0. The third-order valence-corrected chi connectivity index (χ3v) is 3.31. The second-order valence-electron chi connectivity index (χ2n) is 6.55. The highest BCUT2D eigenvalue weighted by Gasteiger charge is 2.19. The van der Waals surface area contributed by atoms with Crippen LogP contribution in [0, 0.1) is 15.5 Å². The molecule has 0 unspecified atom stereocenters. The van der Waals surface area contributed by atoms with Gasteiger partial charge in [0.1, 0.15) is 6.20 Å². The number of nitrogens with one attached hydrogen (secondary N) is 1. The van der Waals surface area contributed by atoms with Crippen molar-refractivity contribution >= 4 is 5.82 Å². The molecule has 22 heavy (non-hydrogen) atoms. The van der Waals surface area contributed by atoms with Crippen LogP contribution in [0.2, 0.25) is 0 Å². The third kappa shape index (κ3) is 4.39. The van der Waals surface area contributed by atoms with E-state index in [1.807, 2.05) is 30.3 Å². The Labute approximate surface area is 130 Å². The van der Waals surface area contributed by atoms with Crippen LogP contribution in [0.1, 0.15) is 32.4 Å². The predicted molar refractivity (Wildman–Crippen MR) is 85.8 cm³/mol. The maximum atomic E-state index is 10.8. The van der Waals surface area contributed by atoms with E-state index in [-0.39, 0.29) is 17.3 Å². The molecule has 0 saturated heterocycles. The minimum absolute atomic E-state index is 0.0234. The van der Waals surface area contributed by atoms with Gasteiger partial charge in [-0.2, -0.15) is 0 Å². The molecule has 118 valence electrons. The lowest BCUT2D eigenvalue weighted by atomic mass is 9.96. The van der Waals surface area contributed by atoms with Gasteiger partial charge in [-0.25, -0.2) is 0 Å². The molecule has 0 amide bonds. The standard InChI is InChI=1S/C16H22N4O2/c1-16(2,3)11-17-9-14(13-7-5-4-6-8-13)19-10-15(18-12-19)20(21)22/h4-8,10,12,14,17H,9,11H2,1-3H3/t14-/m1/s1. The lowest BCUT2D eigenvalue weighted by Gasteiger charge is -2.23. The molecule has 1 atom stereocenters. The van der Waals surface area contributed by atoms with Crippen LogP contribution in [0.25, 0.3) is 0 Å². The van der Waals surface area contributed by atoms with Crippen molar-refractivity contribution in [3.8, 4) is 0 Å². The van der Waals surface area contributed by atoms with Crippen molar-refractivity contribution in [1.82, 2.24) is 14.9 Å². The zero-order chi connectivity index (χ0) is 16.2. The first-order valence-electron chi connectivity index (χ1n) is 7.30. The molecule has 1 heterocycles. The van der Waals surface area contributed by atoms with Crippen LogP contribution in [-0.4, -0.2) is 27.6 Å². The van der Waals surface area contributed by atoms with Crippen LogP contribution in [-0.2, 0) is 0 Å². The van der Waals surface area contributed by atoms with Crippen molar-refractivity contribution in [2.75, 3.05) is 13.1 Å². The second-order valence-corrected chi connectivity index (χ2v) is 6.55. The van der Waals surface area contributed by atoms with Crippen molar-refractivity contribution in [3.05, 3.63) is 58.5 Å². The van der Waals surface area contributed by atoms with E-state index < -0.39 is 4.92 Å². The van der Waals surface area contributed by atoms with Gasteiger partial charge in [-0.3, -0.25) is 0 Å². The largest absolute Gasteiger partial charge is 0.381 e. The Balaban J connectivity index is 2.19. The van der Waals surface area contributed by atoms with Crippen molar-refractivity contribution in [3.63, 3.8) is 0 Å². The number of benzene rings is 1. The Morgan fingerprint density at radius 2 is 2.00 bits per heavy atom. The Hall–Kier alpha value is -2.21. The summed E-state index contributed by atoms with van der Waals surface area (Å²) in [7, 11) is 0. The highest BCUT2D eigenvalue weighted by atomic mass is 16.6. The SMILES string of the molecule is CC(C)(C)CNC[C@H](c1ccccc1)n1cnc([N+](=O)[O-])c1. The van der Waals surface area contributed by atoms with Gasteiger partial charge in [-0.15, -0.1) is 0 Å². The van der Waals surface area contributed by atoms with Gasteiger partial charge in [-0.05, 0) is 20.9 Å². The van der Waals surface area contributed by atoms with Crippen molar-refractivity contribution in [2.24, 2.45) is 5.41 Å². The van der Waals surface area contributed by atoms with Gasteiger partial charge >= 0.3 is 5.82 Å². The molecule has 1 aromatic heterocycles. The molecule has 0 bridgehead atoms. The van der Waals surface area contributed by atoms with Crippen LogP contribution in [0.4, 0.5) is 5.82 Å². The molecule has 0 radical (unpaired) electrons. The molecular formula is C16H22N4O2. The number of hydrogen-bond acceptors (Lipinski definition) is 4. The number of imidazole rings is 1. The van der Waals surface area contributed by atoms with Gasteiger partial charge in [-0.1, -0.05) is 51.1 Å². The summed E-state index contributed by atoms with van der Waals surface area (Å²) >= 11 is 0. The molecule has 2 rings (SSSR count). The number of nitrogens with zero attached hydrogens (tertiary/aromatic N) is 3. The summed E-state index contributed by atoms with van der Waals surface area (Å²) in [5.41, 5.74) is 1.28. The summed E-state index contributed by atoms with van der Waals surface area (Å²) in [6.45, 7) is 8.06. The Kier molecular flexibility index (Phi) is 4.92. The van der Waals surface area contributed by atoms with E-state index in [0.717, 1.165) is 12.1 Å². The van der Waals surface area contributed by atoms with Gasteiger partial charge in [0.05, 0.1) is 6.04 Å². The summed E-state index contributed by atoms with van der Waals surface area (Å²) in [4.78, 5) is 14.2. The Morgan fingerprint density at radius 3 is 2.55 bits per heavy atom. The third-order valence-electron chi connectivity index (χ3n) is 3.31. The smallest absolute Gasteiger partial charge is 0.358 e. The highest BCUT2D eigenvalue weighted by Crippen LogP contribution is 2.20. The summed E-state index contributed by atoms with van der Waals surface area (Å²) in [6.07, 6.45) is 3.00. The van der Waals surface area contributed by atoms with E-state index in [4.69, 9.17) is 0 Å². The van der Waals surface area contributed by atoms with Gasteiger partial charge in [0.25, 0.3) is 0 Å². The van der Waals surface area contributed by atoms with E-state index in [1.165, 1.54) is 12.5 Å². The summed E-state index contributed by atoms with van der Waals surface area (Å²) in [5.74, 6) is -0.128. The second kappa shape index (κ2) is 6.70. The quantitative estimate of drug-likeness (QED) is 0.657. The molecule has 0 spiro atoms. The number of aromatic nitrogens is 2. The topological polar surface area (TPSA) is 73.0 Å². The van der Waals surface area contributed by atoms with Crippen molar-refractivity contribution in [2.45, 2.75) is 26.8 Å². The molecule has 1 aromatic carbocycles. The average molecular weight is 302 g/mol. The van der Waals surface area contributed by atoms with Crippen LogP contribution in [0.15, 0.2) is 42.9 Å². The maximum Gasteiger partial charge on any atom is 0.381 e. The minimum atomic E-state index is -0.471. The van der Waals surface area contributed by atoms with E-state index in [9.17, 15) is 10.1 Å². The molecular weight excluding hydrogens is 280 g/mol. The fraction of sp³-hybridized carbons (Fsp3) is 0.438. The van der Waals surface area contributed by atoms with Crippen LogP contribution >= 0.6 is 0 Å². The van der Waals surface area contributed by atoms with E-state index in [1.54, 1.807) is 4.57 Å². The average Bonchev–Trinajstić information content (AvgIpc) is 2.93. The summed E-state index contributed by atoms with van der Waals surface area (Å²) in [6, 6.07) is 9.92. The number of hydrogen-bond donors (Lipinski definition) is 1. The van der Waals surface area contributed by atoms with Crippen molar-refractivity contribution in [1.29, 1.82) is 0 Å². The lowest BCUT2D eigenvalue weighted by molar-refractivity contribution is -0.389. The Morgan fingerprint density at radius 1 is 1.32 bits per heavy atom. The zero-order valence-corrected chi connectivity index (χ0v) is 13.2. The molecule has 0 fully saturated rings.